The minimum absolute atomic E-state index is 0.420. The first-order valence-electron chi connectivity index (χ1n) is 4.92. The van der Waals surface area contributed by atoms with E-state index in [1.807, 2.05) is 5.38 Å². The van der Waals surface area contributed by atoms with Crippen molar-refractivity contribution in [3.63, 3.8) is 0 Å². The van der Waals surface area contributed by atoms with Gasteiger partial charge >= 0.3 is 5.97 Å². The molecular formula is C10H14N2O2S. The molecule has 0 spiro atoms. The summed E-state index contributed by atoms with van der Waals surface area (Å²) in [6.07, 6.45) is 0. The van der Waals surface area contributed by atoms with Crippen molar-refractivity contribution in [3.05, 3.63) is 16.3 Å². The standard InChI is InChI=1S/C10H14N2O2S/c1-11-2-4-12(5-3-11)8-6-9(10(13)14)15-7-8/h6-7H,2-5H2,1H3,(H,13,14). The van der Waals surface area contributed by atoms with E-state index >= 15 is 0 Å². The number of hydrogen-bond donors (Lipinski definition) is 1. The molecule has 82 valence electrons. The Hall–Kier alpha value is -1.07. The number of carboxylic acid groups (broad SMARTS) is 1. The second-order valence-corrected chi connectivity index (χ2v) is 4.68. The lowest BCUT2D eigenvalue weighted by Gasteiger charge is -2.33. The maximum atomic E-state index is 10.7. The molecule has 0 atom stereocenters. The Kier molecular flexibility index (Phi) is 2.93. The van der Waals surface area contributed by atoms with Crippen molar-refractivity contribution < 1.29 is 9.90 Å². The zero-order valence-corrected chi connectivity index (χ0v) is 9.46. The van der Waals surface area contributed by atoms with E-state index in [0.717, 1.165) is 31.9 Å². The maximum Gasteiger partial charge on any atom is 0.345 e. The van der Waals surface area contributed by atoms with Crippen molar-refractivity contribution in [1.82, 2.24) is 4.90 Å². The van der Waals surface area contributed by atoms with Crippen molar-refractivity contribution in [3.8, 4) is 0 Å². The summed E-state index contributed by atoms with van der Waals surface area (Å²) in [4.78, 5) is 15.7. The van der Waals surface area contributed by atoms with Crippen LogP contribution >= 0.6 is 11.3 Å². The zero-order chi connectivity index (χ0) is 10.8. The summed E-state index contributed by atoms with van der Waals surface area (Å²) in [7, 11) is 2.10. The fourth-order valence-corrected chi connectivity index (χ4v) is 2.42. The number of carboxylic acids is 1. The molecule has 2 rings (SSSR count). The summed E-state index contributed by atoms with van der Waals surface area (Å²) >= 11 is 1.30. The molecule has 1 saturated heterocycles. The fraction of sp³-hybridized carbons (Fsp3) is 0.500. The SMILES string of the molecule is CN1CCN(c2csc(C(=O)O)c2)CC1. The Labute approximate surface area is 92.7 Å². The number of piperazine rings is 1. The number of rotatable bonds is 2. The van der Waals surface area contributed by atoms with Gasteiger partial charge < -0.3 is 14.9 Å². The van der Waals surface area contributed by atoms with Crippen LogP contribution < -0.4 is 4.90 Å². The Morgan fingerprint density at radius 2 is 2.07 bits per heavy atom. The van der Waals surface area contributed by atoms with Gasteiger partial charge in [-0.05, 0) is 13.1 Å². The van der Waals surface area contributed by atoms with Crippen molar-refractivity contribution in [2.75, 3.05) is 38.1 Å². The second kappa shape index (κ2) is 4.20. The first-order chi connectivity index (χ1) is 7.16. The summed E-state index contributed by atoms with van der Waals surface area (Å²) in [6, 6.07) is 1.76. The van der Waals surface area contributed by atoms with Gasteiger partial charge in [-0.15, -0.1) is 11.3 Å². The van der Waals surface area contributed by atoms with Crippen LogP contribution in [0.5, 0.6) is 0 Å². The van der Waals surface area contributed by atoms with Crippen LogP contribution in [0.15, 0.2) is 11.4 Å². The first kappa shape index (κ1) is 10.4. The highest BCUT2D eigenvalue weighted by Crippen LogP contribution is 2.24. The van der Waals surface area contributed by atoms with E-state index in [-0.39, 0.29) is 0 Å². The summed E-state index contributed by atoms with van der Waals surface area (Å²) in [5.74, 6) is -0.833. The number of aromatic carboxylic acids is 1. The molecular weight excluding hydrogens is 212 g/mol. The van der Waals surface area contributed by atoms with Crippen LogP contribution in [-0.4, -0.2) is 49.2 Å². The third-order valence-corrected chi connectivity index (χ3v) is 3.57. The molecule has 0 aliphatic carbocycles. The van der Waals surface area contributed by atoms with E-state index < -0.39 is 5.97 Å². The summed E-state index contributed by atoms with van der Waals surface area (Å²) in [5, 5.41) is 10.7. The molecule has 5 heteroatoms. The second-order valence-electron chi connectivity index (χ2n) is 3.76. The molecule has 1 aliphatic rings. The molecule has 1 aromatic heterocycles. The van der Waals surface area contributed by atoms with Crippen molar-refractivity contribution >= 4 is 23.0 Å². The van der Waals surface area contributed by atoms with Gasteiger partial charge in [0.25, 0.3) is 0 Å². The molecule has 1 fully saturated rings. The van der Waals surface area contributed by atoms with E-state index in [4.69, 9.17) is 5.11 Å². The fourth-order valence-electron chi connectivity index (χ4n) is 1.67. The molecule has 4 nitrogen and oxygen atoms in total. The van der Waals surface area contributed by atoms with Crippen molar-refractivity contribution in [2.24, 2.45) is 0 Å². The number of hydrogen-bond acceptors (Lipinski definition) is 4. The van der Waals surface area contributed by atoms with E-state index in [9.17, 15) is 4.79 Å². The average molecular weight is 226 g/mol. The Balaban J connectivity index is 2.06. The maximum absolute atomic E-state index is 10.7. The van der Waals surface area contributed by atoms with Gasteiger partial charge in [0.05, 0.1) is 0 Å². The molecule has 2 heterocycles. The third kappa shape index (κ3) is 2.30. The Morgan fingerprint density at radius 3 is 2.60 bits per heavy atom. The summed E-state index contributed by atoms with van der Waals surface area (Å²) in [5.41, 5.74) is 1.05. The molecule has 1 aromatic rings. The highest BCUT2D eigenvalue weighted by molar-refractivity contribution is 7.12. The van der Waals surface area contributed by atoms with Gasteiger partial charge in [-0.2, -0.15) is 0 Å². The molecule has 1 aliphatic heterocycles. The van der Waals surface area contributed by atoms with Gasteiger partial charge in [0.15, 0.2) is 0 Å². The third-order valence-electron chi connectivity index (χ3n) is 2.66. The molecule has 1 N–H and O–H groups in total. The lowest BCUT2D eigenvalue weighted by Crippen LogP contribution is -2.44. The Morgan fingerprint density at radius 1 is 1.40 bits per heavy atom. The van der Waals surface area contributed by atoms with E-state index in [0.29, 0.717) is 4.88 Å². The minimum Gasteiger partial charge on any atom is -0.477 e. The molecule has 0 bridgehead atoms. The minimum atomic E-state index is -0.833. The van der Waals surface area contributed by atoms with Crippen molar-refractivity contribution in [1.29, 1.82) is 0 Å². The van der Waals surface area contributed by atoms with E-state index in [1.165, 1.54) is 11.3 Å². The Bertz CT molecular complexity index is 356. The van der Waals surface area contributed by atoms with E-state index in [1.54, 1.807) is 6.07 Å². The van der Waals surface area contributed by atoms with E-state index in [2.05, 4.69) is 16.8 Å². The largest absolute Gasteiger partial charge is 0.477 e. The van der Waals surface area contributed by atoms with Gasteiger partial charge in [0, 0.05) is 37.2 Å². The number of carbonyl (C=O) groups is 1. The van der Waals surface area contributed by atoms with Crippen LogP contribution in [0.3, 0.4) is 0 Å². The first-order valence-corrected chi connectivity index (χ1v) is 5.80. The summed E-state index contributed by atoms with van der Waals surface area (Å²) < 4.78 is 0. The molecule has 0 aromatic carbocycles. The molecule has 0 unspecified atom stereocenters. The van der Waals surface area contributed by atoms with Gasteiger partial charge in [0.1, 0.15) is 4.88 Å². The lowest BCUT2D eigenvalue weighted by molar-refractivity contribution is 0.0702. The zero-order valence-electron chi connectivity index (χ0n) is 8.64. The summed E-state index contributed by atoms with van der Waals surface area (Å²) in [6.45, 7) is 4.04. The highest BCUT2D eigenvalue weighted by atomic mass is 32.1. The number of nitrogens with zero attached hydrogens (tertiary/aromatic N) is 2. The van der Waals surface area contributed by atoms with Crippen LogP contribution in [0.4, 0.5) is 5.69 Å². The van der Waals surface area contributed by atoms with Crippen LogP contribution in [0.2, 0.25) is 0 Å². The van der Waals surface area contributed by atoms with Crippen molar-refractivity contribution in [2.45, 2.75) is 0 Å². The molecule has 0 radical (unpaired) electrons. The predicted octanol–water partition coefficient (Wildman–Crippen LogP) is 1.20. The predicted molar refractivity (Wildman–Crippen MR) is 61.0 cm³/mol. The van der Waals surface area contributed by atoms with Gasteiger partial charge in [-0.25, -0.2) is 4.79 Å². The van der Waals surface area contributed by atoms with Gasteiger partial charge in [-0.1, -0.05) is 0 Å². The van der Waals surface area contributed by atoms with Gasteiger partial charge in [-0.3, -0.25) is 0 Å². The smallest absolute Gasteiger partial charge is 0.345 e. The highest BCUT2D eigenvalue weighted by Gasteiger charge is 2.16. The number of thiophene rings is 1. The molecule has 0 amide bonds. The molecule has 15 heavy (non-hydrogen) atoms. The average Bonchev–Trinajstić information content (AvgIpc) is 2.68. The topological polar surface area (TPSA) is 43.8 Å². The quantitative estimate of drug-likeness (QED) is 0.823. The van der Waals surface area contributed by atoms with Crippen LogP contribution in [0.1, 0.15) is 9.67 Å². The monoisotopic (exact) mass is 226 g/mol. The normalized spacial score (nSPS) is 18.1. The lowest BCUT2D eigenvalue weighted by atomic mass is 10.3. The van der Waals surface area contributed by atoms with Gasteiger partial charge in [0.2, 0.25) is 0 Å². The van der Waals surface area contributed by atoms with Crippen LogP contribution in [0.25, 0.3) is 0 Å². The molecule has 0 saturated carbocycles. The van der Waals surface area contributed by atoms with Crippen LogP contribution in [0, 0.1) is 0 Å². The number of likely N-dealkylation sites (N-methyl/N-ethyl adjacent to an activating group) is 1. The van der Waals surface area contributed by atoms with Crippen LogP contribution in [-0.2, 0) is 0 Å². The number of anilines is 1.